The first-order valence-corrected chi connectivity index (χ1v) is 7.51. The predicted molar refractivity (Wildman–Crippen MR) is 87.2 cm³/mol. The Morgan fingerprint density at radius 2 is 1.85 bits per heavy atom. The maximum atomic E-state index is 10.7. The Balaban J connectivity index is 2.48. The van der Waals surface area contributed by atoms with Crippen LogP contribution in [0.2, 0.25) is 0 Å². The Bertz CT molecular complexity index is 702. The van der Waals surface area contributed by atoms with Crippen LogP contribution in [0.25, 0.3) is 17.4 Å². The van der Waals surface area contributed by atoms with E-state index < -0.39 is 5.91 Å². The number of hydrogen-bond acceptors (Lipinski definition) is 2. The van der Waals surface area contributed by atoms with Gasteiger partial charge in [-0.1, -0.05) is 15.9 Å². The molecular formula is C15H13Br2NO2. The van der Waals surface area contributed by atoms with Crippen LogP contribution in [0.3, 0.4) is 0 Å². The van der Waals surface area contributed by atoms with E-state index in [1.54, 1.807) is 6.08 Å². The van der Waals surface area contributed by atoms with Gasteiger partial charge in [0.25, 0.3) is 0 Å². The van der Waals surface area contributed by atoms with E-state index in [1.165, 1.54) is 6.08 Å². The minimum Gasteiger partial charge on any atom is -0.455 e. The van der Waals surface area contributed by atoms with Crippen molar-refractivity contribution in [3.8, 4) is 11.3 Å². The van der Waals surface area contributed by atoms with E-state index >= 15 is 0 Å². The highest BCUT2D eigenvalue weighted by atomic mass is 79.9. The first-order chi connectivity index (χ1) is 9.38. The lowest BCUT2D eigenvalue weighted by molar-refractivity contribution is -0.113. The van der Waals surface area contributed by atoms with Crippen LogP contribution in [0.15, 0.2) is 37.6 Å². The summed E-state index contributed by atoms with van der Waals surface area (Å²) < 4.78 is 7.67. The molecule has 0 aliphatic carbocycles. The van der Waals surface area contributed by atoms with Crippen molar-refractivity contribution >= 4 is 43.8 Å². The molecular weight excluding hydrogens is 386 g/mol. The summed E-state index contributed by atoms with van der Waals surface area (Å²) in [5.41, 5.74) is 8.31. The number of carbonyl (C=O) groups is 1. The van der Waals surface area contributed by atoms with Gasteiger partial charge < -0.3 is 10.2 Å². The number of nitrogens with two attached hydrogens (primary N) is 1. The van der Waals surface area contributed by atoms with Gasteiger partial charge in [-0.2, -0.15) is 0 Å². The van der Waals surface area contributed by atoms with Crippen LogP contribution in [-0.2, 0) is 4.79 Å². The lowest BCUT2D eigenvalue weighted by Gasteiger charge is -2.07. The fraction of sp³-hybridized carbons (Fsp3) is 0.133. The second-order valence-corrected chi connectivity index (χ2v) is 6.19. The monoisotopic (exact) mass is 397 g/mol. The molecule has 0 saturated carbocycles. The molecule has 0 aliphatic heterocycles. The van der Waals surface area contributed by atoms with E-state index in [2.05, 4.69) is 44.0 Å². The molecule has 0 fully saturated rings. The van der Waals surface area contributed by atoms with Gasteiger partial charge in [0, 0.05) is 16.1 Å². The number of primary amides is 1. The molecule has 2 rings (SSSR count). The van der Waals surface area contributed by atoms with Crippen LogP contribution < -0.4 is 5.73 Å². The van der Waals surface area contributed by atoms with E-state index in [0.717, 1.165) is 31.4 Å². The molecule has 0 unspecified atom stereocenters. The van der Waals surface area contributed by atoms with Crippen molar-refractivity contribution in [3.63, 3.8) is 0 Å². The largest absolute Gasteiger partial charge is 0.455 e. The van der Waals surface area contributed by atoms with Gasteiger partial charge in [0.15, 0.2) is 0 Å². The summed E-state index contributed by atoms with van der Waals surface area (Å²) in [5.74, 6) is 0.808. The lowest BCUT2D eigenvalue weighted by Crippen LogP contribution is -2.04. The Hall–Kier alpha value is -1.33. The van der Waals surface area contributed by atoms with E-state index in [9.17, 15) is 4.79 Å². The van der Waals surface area contributed by atoms with Gasteiger partial charge in [-0.05, 0) is 65.2 Å². The van der Waals surface area contributed by atoms with Gasteiger partial charge in [0.2, 0.25) is 5.91 Å². The minimum atomic E-state index is -0.505. The van der Waals surface area contributed by atoms with Crippen LogP contribution >= 0.6 is 31.9 Å². The highest BCUT2D eigenvalue weighted by Gasteiger charge is 2.13. The zero-order valence-electron chi connectivity index (χ0n) is 11.0. The molecule has 0 bridgehead atoms. The standard InChI is InChI=1S/C15H13Br2NO2/c1-8-6-12(16)9(2)5-11(8)15-13(17)7-10(20-15)3-4-14(18)19/h3-7H,1-2H3,(H2,18,19)/b4-3-. The topological polar surface area (TPSA) is 56.2 Å². The average Bonchev–Trinajstić information content (AvgIpc) is 2.72. The van der Waals surface area contributed by atoms with Crippen LogP contribution in [0, 0.1) is 13.8 Å². The van der Waals surface area contributed by atoms with Crippen molar-refractivity contribution in [1.82, 2.24) is 0 Å². The Labute approximate surface area is 134 Å². The molecule has 1 amide bonds. The molecule has 0 atom stereocenters. The molecule has 2 aromatic rings. The summed E-state index contributed by atoms with van der Waals surface area (Å²) in [5, 5.41) is 0. The first-order valence-electron chi connectivity index (χ1n) is 5.92. The number of carbonyl (C=O) groups excluding carboxylic acids is 1. The third-order valence-electron chi connectivity index (χ3n) is 2.87. The highest BCUT2D eigenvalue weighted by Crippen LogP contribution is 2.36. The zero-order chi connectivity index (χ0) is 14.9. The number of rotatable bonds is 3. The number of aryl methyl sites for hydroxylation is 2. The van der Waals surface area contributed by atoms with Crippen molar-refractivity contribution in [1.29, 1.82) is 0 Å². The first kappa shape index (κ1) is 15.1. The van der Waals surface area contributed by atoms with Gasteiger partial charge in [-0.15, -0.1) is 0 Å². The molecule has 3 nitrogen and oxygen atoms in total. The molecule has 0 aliphatic rings. The third kappa shape index (κ3) is 3.22. The zero-order valence-corrected chi connectivity index (χ0v) is 14.2. The molecule has 5 heteroatoms. The van der Waals surface area contributed by atoms with E-state index in [0.29, 0.717) is 5.76 Å². The van der Waals surface area contributed by atoms with Crippen molar-refractivity contribution < 1.29 is 9.21 Å². The smallest absolute Gasteiger partial charge is 0.241 e. The molecule has 1 aromatic heterocycles. The number of amides is 1. The Morgan fingerprint density at radius 1 is 1.15 bits per heavy atom. The molecule has 2 N–H and O–H groups in total. The van der Waals surface area contributed by atoms with Crippen LogP contribution in [0.4, 0.5) is 0 Å². The van der Waals surface area contributed by atoms with Crippen LogP contribution in [-0.4, -0.2) is 5.91 Å². The van der Waals surface area contributed by atoms with Crippen LogP contribution in [0.5, 0.6) is 0 Å². The normalized spacial score (nSPS) is 11.2. The second-order valence-electron chi connectivity index (χ2n) is 4.48. The fourth-order valence-electron chi connectivity index (χ4n) is 1.84. The number of furan rings is 1. The predicted octanol–water partition coefficient (Wildman–Crippen LogP) is 4.59. The Morgan fingerprint density at radius 3 is 2.50 bits per heavy atom. The summed E-state index contributed by atoms with van der Waals surface area (Å²) in [6, 6.07) is 5.93. The summed E-state index contributed by atoms with van der Waals surface area (Å²) in [6.45, 7) is 4.05. The van der Waals surface area contributed by atoms with E-state index in [4.69, 9.17) is 10.2 Å². The molecule has 0 spiro atoms. The molecule has 0 saturated heterocycles. The molecule has 104 valence electrons. The maximum absolute atomic E-state index is 10.7. The number of hydrogen-bond donors (Lipinski definition) is 1. The number of halogens is 2. The molecule has 1 aromatic carbocycles. The van der Waals surface area contributed by atoms with E-state index in [1.807, 2.05) is 19.9 Å². The fourth-order valence-corrected chi connectivity index (χ4v) is 2.82. The van der Waals surface area contributed by atoms with Gasteiger partial charge in [0.05, 0.1) is 4.47 Å². The second kappa shape index (κ2) is 5.97. The Kier molecular flexibility index (Phi) is 4.50. The lowest BCUT2D eigenvalue weighted by atomic mass is 10.0. The number of benzene rings is 1. The van der Waals surface area contributed by atoms with Crippen molar-refractivity contribution in [2.45, 2.75) is 13.8 Å². The van der Waals surface area contributed by atoms with Gasteiger partial charge >= 0.3 is 0 Å². The molecule has 1 heterocycles. The summed E-state index contributed by atoms with van der Waals surface area (Å²) >= 11 is 6.99. The summed E-state index contributed by atoms with van der Waals surface area (Å²) in [7, 11) is 0. The van der Waals surface area contributed by atoms with Gasteiger partial charge in [-0.25, -0.2) is 0 Å². The molecule has 0 radical (unpaired) electrons. The average molecular weight is 399 g/mol. The maximum Gasteiger partial charge on any atom is 0.241 e. The van der Waals surface area contributed by atoms with Crippen LogP contribution in [0.1, 0.15) is 16.9 Å². The van der Waals surface area contributed by atoms with Crippen molar-refractivity contribution in [2.24, 2.45) is 5.73 Å². The van der Waals surface area contributed by atoms with E-state index in [-0.39, 0.29) is 0 Å². The third-order valence-corrected chi connectivity index (χ3v) is 4.31. The van der Waals surface area contributed by atoms with Gasteiger partial charge in [-0.3, -0.25) is 4.79 Å². The summed E-state index contributed by atoms with van der Waals surface area (Å²) in [4.78, 5) is 10.7. The molecule has 20 heavy (non-hydrogen) atoms. The summed E-state index contributed by atoms with van der Waals surface area (Å²) in [6.07, 6.45) is 2.83. The van der Waals surface area contributed by atoms with Gasteiger partial charge in [0.1, 0.15) is 11.5 Å². The highest BCUT2D eigenvalue weighted by molar-refractivity contribution is 9.10. The minimum absolute atomic E-state index is 0.505. The van der Waals surface area contributed by atoms with Crippen molar-refractivity contribution in [2.75, 3.05) is 0 Å². The SMILES string of the molecule is Cc1cc(-c2oc(/C=C\C(N)=O)cc2Br)c(C)cc1Br. The quantitative estimate of drug-likeness (QED) is 0.768. The van der Waals surface area contributed by atoms with Crippen molar-refractivity contribution in [3.05, 3.63) is 50.1 Å².